The number of hydrogen-bond acceptors (Lipinski definition) is 4. The molecule has 0 fully saturated rings. The standard InChI is InChI=1S/C22H21NO3/c1-3-8-19(9-4-1)18-25-22-13-7-10-20(16-22)17-23-26-15-14-24-21-11-5-2-6-12-21/h1-13,16-17H,14-15,18H2/b23-17+. The first-order chi connectivity index (χ1) is 12.9. The molecule has 3 aromatic carbocycles. The maximum Gasteiger partial charge on any atom is 0.151 e. The van der Waals surface area contributed by atoms with Gasteiger partial charge in [0.1, 0.15) is 24.7 Å². The lowest BCUT2D eigenvalue weighted by Gasteiger charge is -2.07. The predicted molar refractivity (Wildman–Crippen MR) is 103 cm³/mol. The average molecular weight is 347 g/mol. The van der Waals surface area contributed by atoms with Crippen molar-refractivity contribution in [1.29, 1.82) is 0 Å². The average Bonchev–Trinajstić information content (AvgIpc) is 2.71. The molecule has 0 aliphatic heterocycles. The lowest BCUT2D eigenvalue weighted by Crippen LogP contribution is -2.04. The van der Waals surface area contributed by atoms with Gasteiger partial charge in [0.15, 0.2) is 6.61 Å². The summed E-state index contributed by atoms with van der Waals surface area (Å²) in [6, 6.07) is 27.4. The largest absolute Gasteiger partial charge is 0.490 e. The van der Waals surface area contributed by atoms with Crippen molar-refractivity contribution in [2.75, 3.05) is 13.2 Å². The van der Waals surface area contributed by atoms with E-state index in [0.717, 1.165) is 22.6 Å². The second-order valence-corrected chi connectivity index (χ2v) is 5.58. The molecular weight excluding hydrogens is 326 g/mol. The third-order valence-electron chi connectivity index (χ3n) is 3.57. The van der Waals surface area contributed by atoms with Crippen molar-refractivity contribution in [3.8, 4) is 11.5 Å². The molecule has 0 aromatic heterocycles. The molecule has 132 valence electrons. The highest BCUT2D eigenvalue weighted by Gasteiger charge is 1.97. The minimum atomic E-state index is 0.385. The topological polar surface area (TPSA) is 40.0 Å². The van der Waals surface area contributed by atoms with E-state index in [4.69, 9.17) is 14.3 Å². The summed E-state index contributed by atoms with van der Waals surface area (Å²) in [6.45, 7) is 1.37. The molecule has 3 rings (SSSR count). The molecule has 0 spiro atoms. The highest BCUT2D eigenvalue weighted by molar-refractivity contribution is 5.79. The summed E-state index contributed by atoms with van der Waals surface area (Å²) in [5.41, 5.74) is 2.05. The second-order valence-electron chi connectivity index (χ2n) is 5.58. The lowest BCUT2D eigenvalue weighted by atomic mass is 10.2. The number of nitrogens with zero attached hydrogens (tertiary/aromatic N) is 1. The smallest absolute Gasteiger partial charge is 0.151 e. The van der Waals surface area contributed by atoms with E-state index in [1.165, 1.54) is 0 Å². The zero-order valence-corrected chi connectivity index (χ0v) is 14.5. The summed E-state index contributed by atoms with van der Waals surface area (Å²) in [5, 5.41) is 3.97. The normalized spacial score (nSPS) is 10.6. The molecule has 0 N–H and O–H groups in total. The molecule has 0 aliphatic rings. The molecule has 4 nitrogen and oxygen atoms in total. The Morgan fingerprint density at radius 2 is 1.42 bits per heavy atom. The van der Waals surface area contributed by atoms with Gasteiger partial charge in [-0.3, -0.25) is 0 Å². The Bertz CT molecular complexity index is 804. The number of para-hydroxylation sites is 1. The van der Waals surface area contributed by atoms with Crippen LogP contribution in [0.3, 0.4) is 0 Å². The van der Waals surface area contributed by atoms with E-state index in [-0.39, 0.29) is 0 Å². The van der Waals surface area contributed by atoms with Crippen LogP contribution in [0.15, 0.2) is 90.1 Å². The quantitative estimate of drug-likeness (QED) is 0.320. The Morgan fingerprint density at radius 1 is 0.692 bits per heavy atom. The lowest BCUT2D eigenvalue weighted by molar-refractivity contribution is 0.108. The van der Waals surface area contributed by atoms with Crippen LogP contribution in [0.1, 0.15) is 11.1 Å². The molecule has 0 unspecified atom stereocenters. The molecular formula is C22H21NO3. The fraction of sp³-hybridized carbons (Fsp3) is 0.136. The van der Waals surface area contributed by atoms with Gasteiger partial charge in [-0.2, -0.15) is 0 Å². The van der Waals surface area contributed by atoms with E-state index < -0.39 is 0 Å². The Morgan fingerprint density at radius 3 is 2.23 bits per heavy atom. The van der Waals surface area contributed by atoms with Crippen molar-refractivity contribution >= 4 is 6.21 Å². The number of ether oxygens (including phenoxy) is 2. The van der Waals surface area contributed by atoms with Gasteiger partial charge in [-0.25, -0.2) is 0 Å². The van der Waals surface area contributed by atoms with Gasteiger partial charge in [0.25, 0.3) is 0 Å². The third kappa shape index (κ3) is 5.98. The monoisotopic (exact) mass is 347 g/mol. The number of benzene rings is 3. The number of rotatable bonds is 9. The van der Waals surface area contributed by atoms with Crippen LogP contribution in [0.25, 0.3) is 0 Å². The first kappa shape index (κ1) is 17.5. The Balaban J connectivity index is 1.40. The van der Waals surface area contributed by atoms with Crippen LogP contribution in [-0.4, -0.2) is 19.4 Å². The first-order valence-corrected chi connectivity index (χ1v) is 8.50. The summed E-state index contributed by atoms with van der Waals surface area (Å²) in [6.07, 6.45) is 1.66. The highest BCUT2D eigenvalue weighted by atomic mass is 16.6. The van der Waals surface area contributed by atoms with Crippen LogP contribution in [0.4, 0.5) is 0 Å². The van der Waals surface area contributed by atoms with E-state index in [2.05, 4.69) is 5.16 Å². The first-order valence-electron chi connectivity index (χ1n) is 8.50. The van der Waals surface area contributed by atoms with Crippen LogP contribution in [-0.2, 0) is 11.4 Å². The summed E-state index contributed by atoms with van der Waals surface area (Å²) >= 11 is 0. The molecule has 4 heteroatoms. The molecule has 0 aliphatic carbocycles. The summed E-state index contributed by atoms with van der Waals surface area (Å²) in [5.74, 6) is 1.62. The van der Waals surface area contributed by atoms with Gasteiger partial charge < -0.3 is 14.3 Å². The Hall–Kier alpha value is -3.27. The third-order valence-corrected chi connectivity index (χ3v) is 3.57. The van der Waals surface area contributed by atoms with E-state index in [1.807, 2.05) is 84.9 Å². The van der Waals surface area contributed by atoms with Crippen LogP contribution in [0, 0.1) is 0 Å². The van der Waals surface area contributed by atoms with E-state index >= 15 is 0 Å². The van der Waals surface area contributed by atoms with Crippen molar-refractivity contribution in [3.63, 3.8) is 0 Å². The van der Waals surface area contributed by atoms with Gasteiger partial charge >= 0.3 is 0 Å². The summed E-state index contributed by atoms with van der Waals surface area (Å²) in [7, 11) is 0. The molecule has 0 atom stereocenters. The molecule has 0 bridgehead atoms. The molecule has 3 aromatic rings. The van der Waals surface area contributed by atoms with Crippen LogP contribution >= 0.6 is 0 Å². The van der Waals surface area contributed by atoms with Crippen LogP contribution in [0.5, 0.6) is 11.5 Å². The molecule has 0 radical (unpaired) electrons. The zero-order chi connectivity index (χ0) is 17.9. The van der Waals surface area contributed by atoms with E-state index in [9.17, 15) is 0 Å². The SMILES string of the molecule is C(=N\OCCOc1ccccc1)/c1cccc(OCc2ccccc2)c1. The molecule has 26 heavy (non-hydrogen) atoms. The maximum atomic E-state index is 5.80. The maximum absolute atomic E-state index is 5.80. The Kier molecular flexibility index (Phi) is 6.67. The van der Waals surface area contributed by atoms with Gasteiger partial charge in [0.05, 0.1) is 6.21 Å². The summed E-state index contributed by atoms with van der Waals surface area (Å²) < 4.78 is 11.3. The van der Waals surface area contributed by atoms with Gasteiger partial charge in [-0.15, -0.1) is 0 Å². The van der Waals surface area contributed by atoms with Crippen molar-refractivity contribution < 1.29 is 14.3 Å². The fourth-order valence-corrected chi connectivity index (χ4v) is 2.29. The zero-order valence-electron chi connectivity index (χ0n) is 14.5. The van der Waals surface area contributed by atoms with Crippen molar-refractivity contribution in [2.24, 2.45) is 5.16 Å². The fourth-order valence-electron chi connectivity index (χ4n) is 2.29. The number of oxime groups is 1. The van der Waals surface area contributed by atoms with Crippen molar-refractivity contribution in [3.05, 3.63) is 96.1 Å². The molecule has 0 saturated heterocycles. The van der Waals surface area contributed by atoms with Gasteiger partial charge in [-0.05, 0) is 35.4 Å². The molecule has 0 amide bonds. The van der Waals surface area contributed by atoms with Gasteiger partial charge in [0.2, 0.25) is 0 Å². The van der Waals surface area contributed by atoms with Crippen molar-refractivity contribution in [2.45, 2.75) is 6.61 Å². The van der Waals surface area contributed by atoms with Crippen LogP contribution in [0.2, 0.25) is 0 Å². The Labute approximate surface area is 153 Å². The highest BCUT2D eigenvalue weighted by Crippen LogP contribution is 2.14. The van der Waals surface area contributed by atoms with Crippen molar-refractivity contribution in [1.82, 2.24) is 0 Å². The van der Waals surface area contributed by atoms with Crippen LogP contribution < -0.4 is 9.47 Å². The molecule has 0 saturated carbocycles. The minimum absolute atomic E-state index is 0.385. The van der Waals surface area contributed by atoms with E-state index in [0.29, 0.717) is 19.8 Å². The number of hydrogen-bond donors (Lipinski definition) is 0. The molecule has 0 heterocycles. The van der Waals surface area contributed by atoms with E-state index in [1.54, 1.807) is 6.21 Å². The predicted octanol–water partition coefficient (Wildman–Crippen LogP) is 4.70. The van der Waals surface area contributed by atoms with Gasteiger partial charge in [-0.1, -0.05) is 65.8 Å². The summed E-state index contributed by atoms with van der Waals surface area (Å²) in [4.78, 5) is 5.23. The minimum Gasteiger partial charge on any atom is -0.490 e. The second kappa shape index (κ2) is 9.89. The van der Waals surface area contributed by atoms with Gasteiger partial charge in [0, 0.05) is 0 Å².